The van der Waals surface area contributed by atoms with Crippen molar-refractivity contribution in [3.8, 4) is 0 Å². The molecule has 0 radical (unpaired) electrons. The van der Waals surface area contributed by atoms with Crippen LogP contribution in [0.5, 0.6) is 0 Å². The summed E-state index contributed by atoms with van der Waals surface area (Å²) in [5, 5.41) is 18.7. The number of carbonyl (C=O) groups is 3. The van der Waals surface area contributed by atoms with E-state index in [2.05, 4.69) is 20.8 Å². The fourth-order valence-electron chi connectivity index (χ4n) is 3.26. The van der Waals surface area contributed by atoms with Crippen LogP contribution in [0.3, 0.4) is 0 Å². The van der Waals surface area contributed by atoms with Gasteiger partial charge in [0, 0.05) is 24.9 Å². The van der Waals surface area contributed by atoms with Crippen LogP contribution in [0.15, 0.2) is 24.3 Å². The van der Waals surface area contributed by atoms with E-state index in [1.54, 1.807) is 12.1 Å². The number of aliphatic hydroxyl groups is 1. The normalized spacial score (nSPS) is 18.6. The fourth-order valence-corrected chi connectivity index (χ4v) is 3.26. The van der Waals surface area contributed by atoms with Crippen molar-refractivity contribution in [2.75, 3.05) is 6.54 Å². The third-order valence-electron chi connectivity index (χ3n) is 4.88. The average Bonchev–Trinajstić information content (AvgIpc) is 3.07. The SMILES string of the molecule is CC(C)(C)c1ccc(C(=O)CCC(=O)N2CCC[C@H]2[C@@H](O)C(=O)O)cc1. The number of benzene rings is 1. The number of likely N-dealkylation sites (tertiary alicyclic amines) is 1. The van der Waals surface area contributed by atoms with E-state index in [9.17, 15) is 19.5 Å². The first kappa shape index (κ1) is 20.1. The van der Waals surface area contributed by atoms with Crippen LogP contribution in [0.25, 0.3) is 0 Å². The Balaban J connectivity index is 1.94. The minimum absolute atomic E-state index is 0.00723. The van der Waals surface area contributed by atoms with Gasteiger partial charge >= 0.3 is 5.97 Å². The van der Waals surface area contributed by atoms with Crippen LogP contribution >= 0.6 is 0 Å². The molecule has 0 unspecified atom stereocenters. The number of hydrogen-bond acceptors (Lipinski definition) is 4. The predicted molar refractivity (Wildman–Crippen MR) is 97.1 cm³/mol. The number of aliphatic hydroxyl groups excluding tert-OH is 1. The second-order valence-electron chi connectivity index (χ2n) is 7.83. The molecule has 0 spiro atoms. The van der Waals surface area contributed by atoms with Crippen LogP contribution in [0, 0.1) is 0 Å². The molecule has 6 nitrogen and oxygen atoms in total. The lowest BCUT2D eigenvalue weighted by Crippen LogP contribution is -2.46. The number of aliphatic carboxylic acids is 1. The van der Waals surface area contributed by atoms with Gasteiger partial charge < -0.3 is 15.1 Å². The molecule has 1 fully saturated rings. The van der Waals surface area contributed by atoms with E-state index < -0.39 is 18.1 Å². The summed E-state index contributed by atoms with van der Waals surface area (Å²) >= 11 is 0. The molecule has 0 bridgehead atoms. The third-order valence-corrected chi connectivity index (χ3v) is 4.88. The van der Waals surface area contributed by atoms with Gasteiger partial charge in [-0.3, -0.25) is 9.59 Å². The van der Waals surface area contributed by atoms with Crippen molar-refractivity contribution in [2.45, 2.75) is 64.0 Å². The molecule has 1 aromatic carbocycles. The van der Waals surface area contributed by atoms with Gasteiger partial charge in [-0.05, 0) is 23.8 Å². The van der Waals surface area contributed by atoms with Gasteiger partial charge in [0.15, 0.2) is 11.9 Å². The molecule has 0 aromatic heterocycles. The summed E-state index contributed by atoms with van der Waals surface area (Å²) in [4.78, 5) is 37.1. The van der Waals surface area contributed by atoms with Gasteiger partial charge in [-0.25, -0.2) is 4.79 Å². The first-order valence-corrected chi connectivity index (χ1v) is 8.95. The molecule has 0 aliphatic carbocycles. The van der Waals surface area contributed by atoms with Gasteiger partial charge in [0.25, 0.3) is 0 Å². The maximum atomic E-state index is 12.4. The quantitative estimate of drug-likeness (QED) is 0.759. The van der Waals surface area contributed by atoms with Gasteiger partial charge in [0.05, 0.1) is 6.04 Å². The Morgan fingerprint density at radius 1 is 1.15 bits per heavy atom. The highest BCUT2D eigenvalue weighted by molar-refractivity contribution is 5.98. The second kappa shape index (κ2) is 7.99. The molecule has 1 saturated heterocycles. The zero-order valence-corrected chi connectivity index (χ0v) is 15.6. The van der Waals surface area contributed by atoms with Crippen molar-refractivity contribution in [1.29, 1.82) is 0 Å². The molecule has 1 amide bonds. The standard InChI is InChI=1S/C20H27NO5/c1-20(2,3)14-8-6-13(7-9-14)16(22)10-11-17(23)21-12-4-5-15(21)18(24)19(25)26/h6-9,15,18,24H,4-5,10-12H2,1-3H3,(H,25,26)/t15-,18+/m0/s1. The first-order chi connectivity index (χ1) is 12.1. The van der Waals surface area contributed by atoms with Gasteiger partial charge in [-0.2, -0.15) is 0 Å². The monoisotopic (exact) mass is 361 g/mol. The summed E-state index contributed by atoms with van der Waals surface area (Å²) < 4.78 is 0. The van der Waals surface area contributed by atoms with Gasteiger partial charge in [-0.15, -0.1) is 0 Å². The van der Waals surface area contributed by atoms with Crippen molar-refractivity contribution in [1.82, 2.24) is 4.90 Å². The molecule has 0 saturated carbocycles. The van der Waals surface area contributed by atoms with Crippen molar-refractivity contribution < 1.29 is 24.6 Å². The molecule has 26 heavy (non-hydrogen) atoms. The van der Waals surface area contributed by atoms with Crippen LogP contribution in [0.1, 0.15) is 62.4 Å². The highest BCUT2D eigenvalue weighted by atomic mass is 16.4. The Kier molecular flexibility index (Phi) is 6.18. The van der Waals surface area contributed by atoms with E-state index >= 15 is 0 Å². The van der Waals surface area contributed by atoms with E-state index in [0.717, 1.165) is 5.56 Å². The minimum Gasteiger partial charge on any atom is -0.479 e. The molecular formula is C20H27NO5. The molecule has 142 valence electrons. The molecule has 2 atom stereocenters. The Morgan fingerprint density at radius 3 is 2.31 bits per heavy atom. The molecule has 2 rings (SSSR count). The predicted octanol–water partition coefficient (Wildman–Crippen LogP) is 2.38. The zero-order valence-electron chi connectivity index (χ0n) is 15.6. The zero-order chi connectivity index (χ0) is 19.5. The maximum Gasteiger partial charge on any atom is 0.334 e. The van der Waals surface area contributed by atoms with E-state index in [-0.39, 0.29) is 29.9 Å². The molecule has 2 N–H and O–H groups in total. The van der Waals surface area contributed by atoms with Gasteiger partial charge in [0.1, 0.15) is 0 Å². The summed E-state index contributed by atoms with van der Waals surface area (Å²) in [6, 6.07) is 6.70. The lowest BCUT2D eigenvalue weighted by molar-refractivity contribution is -0.151. The number of nitrogens with zero attached hydrogens (tertiary/aromatic N) is 1. The molecule has 6 heteroatoms. The summed E-state index contributed by atoms with van der Waals surface area (Å²) in [6.45, 7) is 6.71. The van der Waals surface area contributed by atoms with Crippen molar-refractivity contribution in [3.63, 3.8) is 0 Å². The van der Waals surface area contributed by atoms with Crippen molar-refractivity contribution in [2.24, 2.45) is 0 Å². The van der Waals surface area contributed by atoms with Crippen LogP contribution in [-0.2, 0) is 15.0 Å². The van der Waals surface area contributed by atoms with E-state index in [1.807, 2.05) is 12.1 Å². The van der Waals surface area contributed by atoms with Gasteiger partial charge in [0.2, 0.25) is 5.91 Å². The third kappa shape index (κ3) is 4.69. The number of amides is 1. The molecule has 1 aromatic rings. The summed E-state index contributed by atoms with van der Waals surface area (Å²) in [7, 11) is 0. The highest BCUT2D eigenvalue weighted by Gasteiger charge is 2.37. The first-order valence-electron chi connectivity index (χ1n) is 8.95. The van der Waals surface area contributed by atoms with Crippen molar-refractivity contribution >= 4 is 17.7 Å². The van der Waals surface area contributed by atoms with E-state index in [0.29, 0.717) is 24.9 Å². The number of carboxylic acids is 1. The Morgan fingerprint density at radius 2 is 1.77 bits per heavy atom. The largest absolute Gasteiger partial charge is 0.479 e. The van der Waals surface area contributed by atoms with Crippen LogP contribution in [0.2, 0.25) is 0 Å². The molecule has 1 heterocycles. The number of carboxylic acid groups (broad SMARTS) is 1. The van der Waals surface area contributed by atoms with E-state index in [1.165, 1.54) is 4.90 Å². The van der Waals surface area contributed by atoms with Crippen LogP contribution in [-0.4, -0.2) is 51.5 Å². The molecular weight excluding hydrogens is 334 g/mol. The smallest absolute Gasteiger partial charge is 0.334 e. The number of ketones is 1. The number of Topliss-reactive ketones (excluding diaryl/α,β-unsaturated/α-hetero) is 1. The van der Waals surface area contributed by atoms with E-state index in [4.69, 9.17) is 5.11 Å². The second-order valence-corrected chi connectivity index (χ2v) is 7.83. The summed E-state index contributed by atoms with van der Waals surface area (Å²) in [5.41, 5.74) is 1.70. The topological polar surface area (TPSA) is 94.9 Å². The highest BCUT2D eigenvalue weighted by Crippen LogP contribution is 2.24. The average molecular weight is 361 g/mol. The minimum atomic E-state index is -1.58. The Bertz CT molecular complexity index is 674. The summed E-state index contributed by atoms with van der Waals surface area (Å²) in [5.74, 6) is -1.73. The summed E-state index contributed by atoms with van der Waals surface area (Å²) in [6.07, 6.45) is -0.380. The fraction of sp³-hybridized carbons (Fsp3) is 0.550. The molecule has 1 aliphatic rings. The number of carbonyl (C=O) groups excluding carboxylic acids is 2. The van der Waals surface area contributed by atoms with Crippen LogP contribution < -0.4 is 0 Å². The lowest BCUT2D eigenvalue weighted by Gasteiger charge is -2.26. The number of rotatable bonds is 6. The Hall–Kier alpha value is -2.21. The number of hydrogen-bond donors (Lipinski definition) is 2. The maximum absolute atomic E-state index is 12.4. The lowest BCUT2D eigenvalue weighted by atomic mass is 9.86. The molecule has 1 aliphatic heterocycles. The van der Waals surface area contributed by atoms with Gasteiger partial charge in [-0.1, -0.05) is 45.0 Å². The van der Waals surface area contributed by atoms with Crippen molar-refractivity contribution in [3.05, 3.63) is 35.4 Å². The van der Waals surface area contributed by atoms with Crippen LogP contribution in [0.4, 0.5) is 0 Å². The Labute approximate surface area is 153 Å².